The SMILES string of the molecule is CN(C)CCCOc1ccc(/C=C/c2cccc(F)c2)cc1. The molecule has 0 heterocycles. The van der Waals surface area contributed by atoms with Gasteiger partial charge in [0.1, 0.15) is 11.6 Å². The lowest BCUT2D eigenvalue weighted by molar-refractivity contribution is 0.281. The van der Waals surface area contributed by atoms with Crippen LogP contribution in [0.2, 0.25) is 0 Å². The van der Waals surface area contributed by atoms with Gasteiger partial charge in [-0.3, -0.25) is 0 Å². The molecule has 2 aromatic rings. The predicted molar refractivity (Wildman–Crippen MR) is 90.4 cm³/mol. The van der Waals surface area contributed by atoms with E-state index in [1.54, 1.807) is 6.07 Å². The number of benzene rings is 2. The summed E-state index contributed by atoms with van der Waals surface area (Å²) in [6.07, 6.45) is 4.87. The number of rotatable bonds is 7. The maximum atomic E-state index is 13.1. The Morgan fingerprint density at radius 1 is 1.00 bits per heavy atom. The van der Waals surface area contributed by atoms with Crippen LogP contribution in [-0.4, -0.2) is 32.1 Å². The van der Waals surface area contributed by atoms with Crippen molar-refractivity contribution < 1.29 is 9.13 Å². The summed E-state index contributed by atoms with van der Waals surface area (Å²) in [4.78, 5) is 2.14. The first-order valence-corrected chi connectivity index (χ1v) is 7.45. The third-order valence-electron chi connectivity index (χ3n) is 3.22. The molecule has 116 valence electrons. The molecule has 0 N–H and O–H groups in total. The monoisotopic (exact) mass is 299 g/mol. The van der Waals surface area contributed by atoms with Crippen LogP contribution >= 0.6 is 0 Å². The largest absolute Gasteiger partial charge is 0.494 e. The fourth-order valence-electron chi connectivity index (χ4n) is 2.05. The molecule has 0 fully saturated rings. The highest BCUT2D eigenvalue weighted by Gasteiger charge is 1.96. The third-order valence-corrected chi connectivity index (χ3v) is 3.22. The minimum Gasteiger partial charge on any atom is -0.494 e. The first-order valence-electron chi connectivity index (χ1n) is 7.45. The Hall–Kier alpha value is -2.13. The number of halogens is 1. The first kappa shape index (κ1) is 16.2. The maximum absolute atomic E-state index is 13.1. The summed E-state index contributed by atoms with van der Waals surface area (Å²) in [7, 11) is 4.11. The Kier molecular flexibility index (Phi) is 6.16. The molecule has 2 aromatic carbocycles. The highest BCUT2D eigenvalue weighted by atomic mass is 19.1. The van der Waals surface area contributed by atoms with Gasteiger partial charge in [-0.15, -0.1) is 0 Å². The molecule has 2 nitrogen and oxygen atoms in total. The predicted octanol–water partition coefficient (Wildman–Crippen LogP) is 4.33. The van der Waals surface area contributed by atoms with Crippen molar-refractivity contribution in [2.24, 2.45) is 0 Å². The van der Waals surface area contributed by atoms with Crippen LogP contribution in [0.1, 0.15) is 17.5 Å². The molecule has 0 saturated carbocycles. The third kappa shape index (κ3) is 5.70. The van der Waals surface area contributed by atoms with Crippen LogP contribution in [0, 0.1) is 5.82 Å². The zero-order chi connectivity index (χ0) is 15.8. The van der Waals surface area contributed by atoms with E-state index < -0.39 is 0 Å². The molecule has 0 aliphatic rings. The molecule has 0 aliphatic heterocycles. The molecule has 0 amide bonds. The molecule has 0 aliphatic carbocycles. The number of hydrogen-bond donors (Lipinski definition) is 0. The van der Waals surface area contributed by atoms with Gasteiger partial charge in [-0.25, -0.2) is 4.39 Å². The Bertz CT molecular complexity index is 605. The second kappa shape index (κ2) is 8.35. The summed E-state index contributed by atoms with van der Waals surface area (Å²) in [6.45, 7) is 1.74. The van der Waals surface area contributed by atoms with Gasteiger partial charge in [0.2, 0.25) is 0 Å². The van der Waals surface area contributed by atoms with Crippen LogP contribution in [0.15, 0.2) is 48.5 Å². The van der Waals surface area contributed by atoms with Gasteiger partial charge in [0.25, 0.3) is 0 Å². The van der Waals surface area contributed by atoms with Crippen molar-refractivity contribution in [3.63, 3.8) is 0 Å². The lowest BCUT2D eigenvalue weighted by Crippen LogP contribution is -2.15. The second-order valence-corrected chi connectivity index (χ2v) is 5.46. The lowest BCUT2D eigenvalue weighted by atomic mass is 10.1. The van der Waals surface area contributed by atoms with Crippen molar-refractivity contribution in [3.05, 3.63) is 65.5 Å². The van der Waals surface area contributed by atoms with Crippen LogP contribution in [0.5, 0.6) is 5.75 Å². The molecule has 0 aromatic heterocycles. The zero-order valence-corrected chi connectivity index (χ0v) is 13.1. The van der Waals surface area contributed by atoms with Crippen molar-refractivity contribution in [1.82, 2.24) is 4.90 Å². The number of hydrogen-bond acceptors (Lipinski definition) is 2. The van der Waals surface area contributed by atoms with Crippen LogP contribution in [0.3, 0.4) is 0 Å². The van der Waals surface area contributed by atoms with Crippen molar-refractivity contribution in [2.75, 3.05) is 27.2 Å². The van der Waals surface area contributed by atoms with Crippen molar-refractivity contribution in [3.8, 4) is 5.75 Å². The lowest BCUT2D eigenvalue weighted by Gasteiger charge is -2.10. The van der Waals surface area contributed by atoms with Gasteiger partial charge in [-0.1, -0.05) is 36.4 Å². The van der Waals surface area contributed by atoms with Crippen LogP contribution in [0.4, 0.5) is 4.39 Å². The summed E-state index contributed by atoms with van der Waals surface area (Å²) < 4.78 is 18.8. The summed E-state index contributed by atoms with van der Waals surface area (Å²) in [5.41, 5.74) is 1.91. The molecular weight excluding hydrogens is 277 g/mol. The summed E-state index contributed by atoms with van der Waals surface area (Å²) in [5.74, 6) is 0.658. The Labute approximate surface area is 131 Å². The molecular formula is C19H22FNO. The highest BCUT2D eigenvalue weighted by molar-refractivity contribution is 5.69. The molecule has 0 radical (unpaired) electrons. The molecule has 0 atom stereocenters. The van der Waals surface area contributed by atoms with Gasteiger partial charge in [0, 0.05) is 6.54 Å². The van der Waals surface area contributed by atoms with Crippen LogP contribution in [-0.2, 0) is 0 Å². The van der Waals surface area contributed by atoms with Gasteiger partial charge in [0.05, 0.1) is 6.61 Å². The molecule has 0 saturated heterocycles. The maximum Gasteiger partial charge on any atom is 0.123 e. The molecule has 0 spiro atoms. The van der Waals surface area contributed by atoms with Crippen molar-refractivity contribution in [2.45, 2.75) is 6.42 Å². The smallest absolute Gasteiger partial charge is 0.123 e. The number of nitrogens with zero attached hydrogens (tertiary/aromatic N) is 1. The van der Waals surface area contributed by atoms with E-state index in [2.05, 4.69) is 19.0 Å². The van der Waals surface area contributed by atoms with Gasteiger partial charge >= 0.3 is 0 Å². The van der Waals surface area contributed by atoms with E-state index in [1.807, 2.05) is 42.5 Å². The van der Waals surface area contributed by atoms with E-state index in [9.17, 15) is 4.39 Å². The highest BCUT2D eigenvalue weighted by Crippen LogP contribution is 2.15. The van der Waals surface area contributed by atoms with E-state index in [4.69, 9.17) is 4.74 Å². The molecule has 22 heavy (non-hydrogen) atoms. The van der Waals surface area contributed by atoms with E-state index >= 15 is 0 Å². The average Bonchev–Trinajstić information content (AvgIpc) is 2.51. The first-order chi connectivity index (χ1) is 10.6. The van der Waals surface area contributed by atoms with E-state index in [1.165, 1.54) is 12.1 Å². The van der Waals surface area contributed by atoms with E-state index in [0.29, 0.717) is 0 Å². The topological polar surface area (TPSA) is 12.5 Å². The molecule has 3 heteroatoms. The Balaban J connectivity index is 1.86. The minimum absolute atomic E-state index is 0.219. The minimum atomic E-state index is -0.219. The van der Waals surface area contributed by atoms with Crippen LogP contribution < -0.4 is 4.74 Å². The second-order valence-electron chi connectivity index (χ2n) is 5.46. The quantitative estimate of drug-likeness (QED) is 0.557. The van der Waals surface area contributed by atoms with Crippen molar-refractivity contribution in [1.29, 1.82) is 0 Å². The molecule has 2 rings (SSSR count). The fraction of sp³-hybridized carbons (Fsp3) is 0.263. The average molecular weight is 299 g/mol. The fourth-order valence-corrected chi connectivity index (χ4v) is 2.05. The molecule has 0 bridgehead atoms. The van der Waals surface area contributed by atoms with Gasteiger partial charge in [-0.05, 0) is 55.9 Å². The zero-order valence-electron chi connectivity index (χ0n) is 13.1. The summed E-state index contributed by atoms with van der Waals surface area (Å²) in [5, 5.41) is 0. The van der Waals surface area contributed by atoms with Crippen molar-refractivity contribution >= 4 is 12.2 Å². The van der Waals surface area contributed by atoms with E-state index in [0.717, 1.165) is 36.4 Å². The molecule has 0 unspecified atom stereocenters. The van der Waals surface area contributed by atoms with Gasteiger partial charge in [-0.2, -0.15) is 0 Å². The Morgan fingerprint density at radius 2 is 1.73 bits per heavy atom. The van der Waals surface area contributed by atoms with Crippen LogP contribution in [0.25, 0.3) is 12.2 Å². The normalized spacial score (nSPS) is 11.3. The summed E-state index contributed by atoms with van der Waals surface area (Å²) in [6, 6.07) is 14.5. The number of ether oxygens (including phenoxy) is 1. The standard InChI is InChI=1S/C19H22FNO/c1-21(2)13-4-14-22-19-11-9-16(10-12-19)7-8-17-5-3-6-18(20)15-17/h3,5-12,15H,4,13-14H2,1-2H3/b8-7+. The Morgan fingerprint density at radius 3 is 2.41 bits per heavy atom. The van der Waals surface area contributed by atoms with Gasteiger partial charge in [0.15, 0.2) is 0 Å². The van der Waals surface area contributed by atoms with E-state index in [-0.39, 0.29) is 5.82 Å². The van der Waals surface area contributed by atoms with Gasteiger partial charge < -0.3 is 9.64 Å². The summed E-state index contributed by atoms with van der Waals surface area (Å²) >= 11 is 0.